The number of imide groups is 1. The molecule has 0 unspecified atom stereocenters. The zero-order valence-corrected chi connectivity index (χ0v) is 20.2. The van der Waals surface area contributed by atoms with E-state index in [-0.39, 0.29) is 18.0 Å². The summed E-state index contributed by atoms with van der Waals surface area (Å²) in [6, 6.07) is 7.57. The summed E-state index contributed by atoms with van der Waals surface area (Å²) in [5, 5.41) is 14.3. The molecule has 0 bridgehead atoms. The second-order valence-corrected chi connectivity index (χ2v) is 9.95. The molecule has 2 atom stereocenters. The van der Waals surface area contributed by atoms with Gasteiger partial charge in [0.05, 0.1) is 18.4 Å². The van der Waals surface area contributed by atoms with Crippen LogP contribution in [0.2, 0.25) is 0 Å². The number of thioether (sulfide) groups is 1. The van der Waals surface area contributed by atoms with Gasteiger partial charge in [-0.25, -0.2) is 4.79 Å². The number of carbonyl (C=O) groups excluding carboxylic acids is 2. The first kappa shape index (κ1) is 23.6. The highest BCUT2D eigenvalue weighted by atomic mass is 32.2. The van der Waals surface area contributed by atoms with Crippen LogP contribution in [-0.2, 0) is 4.79 Å². The number of ether oxygens (including phenoxy) is 1. The first-order chi connectivity index (χ1) is 16.0. The average molecular weight is 473 g/mol. The molecule has 1 saturated heterocycles. The van der Waals surface area contributed by atoms with E-state index in [9.17, 15) is 9.59 Å². The third-order valence-electron chi connectivity index (χ3n) is 6.10. The van der Waals surface area contributed by atoms with Gasteiger partial charge >= 0.3 is 6.03 Å². The highest BCUT2D eigenvalue weighted by Crippen LogP contribution is 2.31. The number of urea groups is 1. The molecule has 2 heterocycles. The largest absolute Gasteiger partial charge is 0.497 e. The van der Waals surface area contributed by atoms with Crippen LogP contribution in [-0.4, -0.2) is 63.1 Å². The van der Waals surface area contributed by atoms with Crippen molar-refractivity contribution in [1.82, 2.24) is 30.3 Å². The molecule has 1 aromatic carbocycles. The smallest absolute Gasteiger partial charge is 0.321 e. The van der Waals surface area contributed by atoms with E-state index in [0.29, 0.717) is 5.16 Å². The van der Waals surface area contributed by atoms with Gasteiger partial charge in [-0.2, -0.15) is 0 Å². The van der Waals surface area contributed by atoms with E-state index in [2.05, 4.69) is 32.7 Å². The highest BCUT2D eigenvalue weighted by Gasteiger charge is 2.29. The molecule has 4 rings (SSSR count). The summed E-state index contributed by atoms with van der Waals surface area (Å²) in [6.07, 6.45) is 5.56. The third-order valence-corrected chi connectivity index (χ3v) is 7.14. The van der Waals surface area contributed by atoms with Gasteiger partial charge in [0.15, 0.2) is 11.0 Å². The van der Waals surface area contributed by atoms with Crippen molar-refractivity contribution in [2.75, 3.05) is 20.2 Å². The number of carbonyl (C=O) groups is 2. The quantitative estimate of drug-likeness (QED) is 0.569. The summed E-state index contributed by atoms with van der Waals surface area (Å²) < 4.78 is 7.32. The van der Waals surface area contributed by atoms with Crippen LogP contribution in [0.3, 0.4) is 0 Å². The first-order valence-corrected chi connectivity index (χ1v) is 12.5. The average Bonchev–Trinajstić information content (AvgIpc) is 3.55. The SMILES string of the molecule is COc1ccc(-n2c(S[C@@H](C)C(=O)NC(=O)NC3CC3)nnc2[C@@H](C)N2CCCCC2)cc1. The zero-order valence-electron chi connectivity index (χ0n) is 19.4. The topological polar surface area (TPSA) is 101 Å². The van der Waals surface area contributed by atoms with Crippen LogP contribution in [0.4, 0.5) is 4.79 Å². The Bertz CT molecular complexity index is 969. The van der Waals surface area contributed by atoms with Gasteiger partial charge in [0.25, 0.3) is 0 Å². The van der Waals surface area contributed by atoms with E-state index in [1.807, 2.05) is 28.8 Å². The van der Waals surface area contributed by atoms with Crippen LogP contribution in [0, 0.1) is 0 Å². The number of aromatic nitrogens is 3. The van der Waals surface area contributed by atoms with Gasteiger partial charge in [-0.15, -0.1) is 10.2 Å². The molecule has 2 N–H and O–H groups in total. The molecule has 2 fully saturated rings. The van der Waals surface area contributed by atoms with Gasteiger partial charge in [0.2, 0.25) is 5.91 Å². The fourth-order valence-electron chi connectivity index (χ4n) is 3.95. The predicted octanol–water partition coefficient (Wildman–Crippen LogP) is 3.29. The maximum atomic E-state index is 12.6. The Morgan fingerprint density at radius 2 is 1.79 bits per heavy atom. The lowest BCUT2D eigenvalue weighted by Gasteiger charge is -2.32. The summed E-state index contributed by atoms with van der Waals surface area (Å²) >= 11 is 1.29. The summed E-state index contributed by atoms with van der Waals surface area (Å²) in [5.41, 5.74) is 0.904. The maximum Gasteiger partial charge on any atom is 0.321 e. The van der Waals surface area contributed by atoms with Crippen LogP contribution in [0.25, 0.3) is 5.69 Å². The fourth-order valence-corrected chi connectivity index (χ4v) is 4.82. The van der Waals surface area contributed by atoms with E-state index >= 15 is 0 Å². The Kier molecular flexibility index (Phi) is 7.54. The minimum Gasteiger partial charge on any atom is -0.497 e. The number of rotatable bonds is 8. The summed E-state index contributed by atoms with van der Waals surface area (Å²) in [7, 11) is 1.64. The summed E-state index contributed by atoms with van der Waals surface area (Å²) in [4.78, 5) is 27.0. The van der Waals surface area contributed by atoms with E-state index in [4.69, 9.17) is 4.74 Å². The minimum atomic E-state index is -0.519. The molecule has 0 spiro atoms. The standard InChI is InChI=1S/C23H32N6O3S/c1-15(28-13-5-4-6-14-28)20-26-27-23(29(20)18-9-11-19(32-3)12-10-18)33-16(2)21(30)25-22(31)24-17-7-8-17/h9-12,15-17H,4-8,13-14H2,1-3H3,(H2,24,25,30,31)/t15-,16+/m1/s1. The number of benzene rings is 1. The van der Waals surface area contributed by atoms with Crippen LogP contribution >= 0.6 is 11.8 Å². The van der Waals surface area contributed by atoms with Gasteiger partial charge in [-0.3, -0.25) is 19.6 Å². The molecule has 33 heavy (non-hydrogen) atoms. The molecule has 2 aliphatic rings. The lowest BCUT2D eigenvalue weighted by atomic mass is 10.1. The van der Waals surface area contributed by atoms with Crippen molar-refractivity contribution in [2.24, 2.45) is 0 Å². The molecule has 10 heteroatoms. The summed E-state index contributed by atoms with van der Waals surface area (Å²) in [5.74, 6) is 1.25. The van der Waals surface area contributed by atoms with Crippen molar-refractivity contribution in [3.8, 4) is 11.4 Å². The number of amides is 3. The molecule has 1 aliphatic carbocycles. The van der Waals surface area contributed by atoms with E-state index in [1.54, 1.807) is 14.0 Å². The number of nitrogens with zero attached hydrogens (tertiary/aromatic N) is 4. The summed E-state index contributed by atoms with van der Waals surface area (Å²) in [6.45, 7) is 6.00. The molecule has 3 amide bonds. The number of piperidine rings is 1. The van der Waals surface area contributed by atoms with Crippen molar-refractivity contribution in [2.45, 2.75) is 68.4 Å². The van der Waals surface area contributed by atoms with Crippen molar-refractivity contribution in [3.63, 3.8) is 0 Å². The van der Waals surface area contributed by atoms with Crippen LogP contribution in [0.5, 0.6) is 5.75 Å². The molecule has 1 aromatic heterocycles. The number of hydrogen-bond acceptors (Lipinski definition) is 7. The molecule has 1 saturated carbocycles. The van der Waals surface area contributed by atoms with Gasteiger partial charge in [-0.1, -0.05) is 18.2 Å². The molecular formula is C23H32N6O3S. The van der Waals surface area contributed by atoms with E-state index in [0.717, 1.165) is 43.2 Å². The second kappa shape index (κ2) is 10.6. The van der Waals surface area contributed by atoms with E-state index in [1.165, 1.54) is 31.0 Å². The van der Waals surface area contributed by atoms with Crippen molar-refractivity contribution < 1.29 is 14.3 Å². The Balaban J connectivity index is 1.56. The Hall–Kier alpha value is -2.59. The number of hydrogen-bond donors (Lipinski definition) is 2. The van der Waals surface area contributed by atoms with E-state index < -0.39 is 11.3 Å². The van der Waals surface area contributed by atoms with Crippen molar-refractivity contribution >= 4 is 23.7 Å². The minimum absolute atomic E-state index is 0.0858. The maximum absolute atomic E-state index is 12.6. The Morgan fingerprint density at radius 3 is 2.42 bits per heavy atom. The normalized spacial score (nSPS) is 18.4. The first-order valence-electron chi connectivity index (χ1n) is 11.6. The van der Waals surface area contributed by atoms with Gasteiger partial charge in [0.1, 0.15) is 5.75 Å². The molecular weight excluding hydrogens is 440 g/mol. The number of likely N-dealkylation sites (tertiary alicyclic amines) is 1. The monoisotopic (exact) mass is 472 g/mol. The Morgan fingerprint density at radius 1 is 1.09 bits per heavy atom. The van der Waals surface area contributed by atoms with Crippen LogP contribution in [0.1, 0.15) is 57.8 Å². The molecule has 9 nitrogen and oxygen atoms in total. The fraction of sp³-hybridized carbons (Fsp3) is 0.565. The zero-order chi connectivity index (χ0) is 23.4. The number of methoxy groups -OCH3 is 1. The van der Waals surface area contributed by atoms with Crippen molar-refractivity contribution in [1.29, 1.82) is 0 Å². The van der Waals surface area contributed by atoms with Crippen LogP contribution in [0.15, 0.2) is 29.4 Å². The molecule has 178 valence electrons. The molecule has 2 aromatic rings. The molecule has 1 aliphatic heterocycles. The third kappa shape index (κ3) is 5.86. The van der Waals surface area contributed by atoms with Crippen molar-refractivity contribution in [3.05, 3.63) is 30.1 Å². The van der Waals surface area contributed by atoms with Gasteiger partial charge in [0, 0.05) is 11.7 Å². The lowest BCUT2D eigenvalue weighted by molar-refractivity contribution is -0.119. The van der Waals surface area contributed by atoms with Gasteiger partial charge < -0.3 is 10.1 Å². The predicted molar refractivity (Wildman–Crippen MR) is 127 cm³/mol. The van der Waals surface area contributed by atoms with Gasteiger partial charge in [-0.05, 0) is 76.9 Å². The molecule has 0 radical (unpaired) electrons. The Labute approximate surface area is 198 Å². The highest BCUT2D eigenvalue weighted by molar-refractivity contribution is 8.00. The number of nitrogens with one attached hydrogen (secondary N) is 2. The lowest BCUT2D eigenvalue weighted by Crippen LogP contribution is -2.43. The van der Waals surface area contributed by atoms with Crippen LogP contribution < -0.4 is 15.4 Å². The second-order valence-electron chi connectivity index (χ2n) is 8.64.